The van der Waals surface area contributed by atoms with Gasteiger partial charge in [-0.3, -0.25) is 14.1 Å². The van der Waals surface area contributed by atoms with E-state index in [9.17, 15) is 27.4 Å². The smallest absolute Gasteiger partial charge is 0.333 e. The minimum atomic E-state index is -4.43. The summed E-state index contributed by atoms with van der Waals surface area (Å²) in [5.41, 5.74) is 7.98. The zero-order valence-corrected chi connectivity index (χ0v) is 41.8. The third-order valence-corrected chi connectivity index (χ3v) is 13.7. The number of carbonyl (C=O) groups excluding carboxylic acids is 3. The average Bonchev–Trinajstić information content (AvgIpc) is 3.74. The number of ether oxygens (including phenoxy) is 4. The molecule has 1 fully saturated rings. The van der Waals surface area contributed by atoms with Gasteiger partial charge in [-0.2, -0.15) is 13.0 Å². The van der Waals surface area contributed by atoms with Crippen LogP contribution in [0.4, 0.5) is 11.4 Å². The Morgan fingerprint density at radius 2 is 1.54 bits per heavy atom. The monoisotopic (exact) mass is 974 g/mol. The van der Waals surface area contributed by atoms with Crippen molar-refractivity contribution in [1.29, 1.82) is 0 Å². The van der Waals surface area contributed by atoms with Gasteiger partial charge in [0.05, 0.1) is 48.9 Å². The van der Waals surface area contributed by atoms with Crippen LogP contribution in [0.5, 0.6) is 5.75 Å². The molecule has 0 bridgehead atoms. The molecule has 0 aromatic heterocycles. The van der Waals surface area contributed by atoms with Crippen LogP contribution in [0.15, 0.2) is 120 Å². The van der Waals surface area contributed by atoms with Crippen LogP contribution in [-0.4, -0.2) is 105 Å². The van der Waals surface area contributed by atoms with Gasteiger partial charge in [0.1, 0.15) is 18.1 Å². The summed E-state index contributed by atoms with van der Waals surface area (Å²) >= 11 is 0. The highest BCUT2D eigenvalue weighted by atomic mass is 32.2. The summed E-state index contributed by atoms with van der Waals surface area (Å²) in [5.74, 6) is -0.149. The Labute approximate surface area is 411 Å². The van der Waals surface area contributed by atoms with Crippen LogP contribution < -0.4 is 9.64 Å². The first-order valence-electron chi connectivity index (χ1n) is 23.8. The van der Waals surface area contributed by atoms with Gasteiger partial charge in [0.2, 0.25) is 5.69 Å². The van der Waals surface area contributed by atoms with Gasteiger partial charge in [-0.1, -0.05) is 72.9 Å². The second kappa shape index (κ2) is 22.7. The van der Waals surface area contributed by atoms with E-state index in [0.717, 1.165) is 56.4 Å². The first-order valence-corrected chi connectivity index (χ1v) is 25.2. The molecule has 4 heterocycles. The SMILES string of the molecule is COCCOCCOCCN1c2cc3c(cc2C(C)=CC1(C)C)/C(=C/C=C/C=C/C=C/C1=[N+](CCCCCC(=O)ON2C(=O)CCC2=O)c2ccc(S(=O)(=O)O)cc2C1(C)C)C=C(c1ccccc1)O3. The lowest BCUT2D eigenvalue weighted by molar-refractivity contribution is -0.438. The Morgan fingerprint density at radius 3 is 2.27 bits per heavy atom. The van der Waals surface area contributed by atoms with Crippen molar-refractivity contribution >= 4 is 61.9 Å². The molecule has 3 aromatic carbocycles. The lowest BCUT2D eigenvalue weighted by Gasteiger charge is -2.44. The number of hydrogen-bond donors (Lipinski definition) is 1. The lowest BCUT2D eigenvalue weighted by atomic mass is 9.81. The van der Waals surface area contributed by atoms with E-state index < -0.39 is 33.3 Å². The molecule has 4 aliphatic heterocycles. The second-order valence-electron chi connectivity index (χ2n) is 18.6. The van der Waals surface area contributed by atoms with Crippen LogP contribution in [0.25, 0.3) is 16.9 Å². The first kappa shape index (κ1) is 51.6. The van der Waals surface area contributed by atoms with E-state index >= 15 is 0 Å². The number of hydroxylamine groups is 2. The fraction of sp³-hybridized carbons (Fsp3) is 0.382. The summed E-state index contributed by atoms with van der Waals surface area (Å²) in [7, 11) is -2.78. The van der Waals surface area contributed by atoms with E-state index in [1.54, 1.807) is 13.2 Å². The molecule has 1 saturated heterocycles. The predicted molar refractivity (Wildman–Crippen MR) is 270 cm³/mol. The number of nitrogens with zero attached hydrogens (tertiary/aromatic N) is 3. The Kier molecular flexibility index (Phi) is 16.7. The molecule has 70 heavy (non-hydrogen) atoms. The number of methoxy groups -OCH3 is 1. The molecule has 7 rings (SSSR count). The van der Waals surface area contributed by atoms with Gasteiger partial charge in [-0.05, 0) is 82.9 Å². The van der Waals surface area contributed by atoms with Crippen LogP contribution in [-0.2, 0) is 49.0 Å². The summed E-state index contributed by atoms with van der Waals surface area (Å²) in [6.45, 7) is 14.5. The number of hydrogen-bond acceptors (Lipinski definition) is 11. The Morgan fingerprint density at radius 1 is 0.843 bits per heavy atom. The number of unbranched alkanes of at least 4 members (excludes halogenated alkanes) is 2. The molecule has 0 aliphatic carbocycles. The molecular weight excluding hydrogens is 911 g/mol. The zero-order valence-electron chi connectivity index (χ0n) is 40.9. The molecule has 0 unspecified atom stereocenters. The topological polar surface area (TPSA) is 161 Å². The molecule has 1 N–H and O–H groups in total. The maximum atomic E-state index is 12.4. The van der Waals surface area contributed by atoms with Gasteiger partial charge in [-0.25, -0.2) is 4.79 Å². The molecule has 4 aliphatic rings. The van der Waals surface area contributed by atoms with Crippen molar-refractivity contribution in [2.45, 2.75) is 89.0 Å². The van der Waals surface area contributed by atoms with Gasteiger partial charge < -0.3 is 28.7 Å². The largest absolute Gasteiger partial charge is 0.456 e. The number of rotatable bonds is 22. The number of imide groups is 1. The zero-order chi connectivity index (χ0) is 50.1. The fourth-order valence-corrected chi connectivity index (χ4v) is 9.77. The summed E-state index contributed by atoms with van der Waals surface area (Å²) in [6, 6.07) is 19.1. The summed E-state index contributed by atoms with van der Waals surface area (Å²) in [5, 5.41) is 0.563. The average molecular weight is 975 g/mol. The number of fused-ring (bicyclic) bond motifs is 3. The normalized spacial score (nSPS) is 18.0. The van der Waals surface area contributed by atoms with E-state index in [-0.39, 0.29) is 29.7 Å². The number of amides is 2. The maximum Gasteiger partial charge on any atom is 0.333 e. The minimum absolute atomic E-state index is 0.0356. The predicted octanol–water partition coefficient (Wildman–Crippen LogP) is 9.34. The van der Waals surface area contributed by atoms with Gasteiger partial charge in [0, 0.05) is 85.5 Å². The van der Waals surface area contributed by atoms with Crippen molar-refractivity contribution < 1.29 is 55.7 Å². The molecular formula is C55H64N3O11S+. The maximum absolute atomic E-state index is 12.4. The molecule has 14 nitrogen and oxygen atoms in total. The van der Waals surface area contributed by atoms with Crippen LogP contribution in [0.2, 0.25) is 0 Å². The van der Waals surface area contributed by atoms with E-state index in [2.05, 4.69) is 60.6 Å². The lowest BCUT2D eigenvalue weighted by Crippen LogP contribution is -2.46. The van der Waals surface area contributed by atoms with E-state index in [0.29, 0.717) is 70.4 Å². The fourth-order valence-electron chi connectivity index (χ4n) is 9.27. The number of anilines is 1. The quantitative estimate of drug-likeness (QED) is 0.0335. The van der Waals surface area contributed by atoms with Crippen molar-refractivity contribution in [2.24, 2.45) is 0 Å². The van der Waals surface area contributed by atoms with Crippen LogP contribution in [0.3, 0.4) is 0 Å². The highest BCUT2D eigenvalue weighted by molar-refractivity contribution is 7.85. The number of benzene rings is 3. The van der Waals surface area contributed by atoms with Crippen molar-refractivity contribution in [3.63, 3.8) is 0 Å². The van der Waals surface area contributed by atoms with Gasteiger partial charge in [0.25, 0.3) is 21.9 Å². The Hall–Kier alpha value is -6.23. The highest BCUT2D eigenvalue weighted by Crippen LogP contribution is 2.47. The van der Waals surface area contributed by atoms with Gasteiger partial charge in [-0.15, -0.1) is 5.06 Å². The van der Waals surface area contributed by atoms with E-state index in [1.807, 2.05) is 80.6 Å². The van der Waals surface area contributed by atoms with Crippen molar-refractivity contribution in [1.82, 2.24) is 5.06 Å². The molecule has 370 valence electrons. The van der Waals surface area contributed by atoms with Crippen molar-refractivity contribution in [2.75, 3.05) is 58.1 Å². The van der Waals surface area contributed by atoms with Gasteiger partial charge >= 0.3 is 5.97 Å². The van der Waals surface area contributed by atoms with Gasteiger partial charge in [0.15, 0.2) is 5.71 Å². The summed E-state index contributed by atoms with van der Waals surface area (Å²) in [4.78, 5) is 43.3. The molecule has 15 heteroatoms. The molecule has 0 saturated carbocycles. The van der Waals surface area contributed by atoms with Crippen molar-refractivity contribution in [3.05, 3.63) is 138 Å². The number of allylic oxidation sites excluding steroid dienone is 10. The minimum Gasteiger partial charge on any atom is -0.456 e. The first-order chi connectivity index (χ1) is 33.5. The van der Waals surface area contributed by atoms with E-state index in [4.69, 9.17) is 23.8 Å². The molecule has 0 spiro atoms. The molecule has 0 atom stereocenters. The number of carbonyl (C=O) groups is 3. The second-order valence-corrected chi connectivity index (χ2v) is 20.0. The Balaban J connectivity index is 1.08. The summed E-state index contributed by atoms with van der Waals surface area (Å²) in [6.07, 6.45) is 20.2. The highest BCUT2D eigenvalue weighted by Gasteiger charge is 2.45. The molecule has 0 radical (unpaired) electrons. The van der Waals surface area contributed by atoms with Crippen LogP contribution in [0.1, 0.15) is 95.4 Å². The Bertz CT molecular complexity index is 2780. The van der Waals surface area contributed by atoms with Crippen molar-refractivity contribution in [3.8, 4) is 5.75 Å². The third-order valence-electron chi connectivity index (χ3n) is 12.8. The van der Waals surface area contributed by atoms with Crippen LogP contribution >= 0.6 is 0 Å². The third kappa shape index (κ3) is 12.2. The molecule has 2 amide bonds. The molecule has 3 aromatic rings. The van der Waals surface area contributed by atoms with E-state index in [1.165, 1.54) is 17.7 Å². The van der Waals surface area contributed by atoms with Crippen LogP contribution in [0, 0.1) is 0 Å². The standard InChI is InChI=1S/C55H63N3O11S/c1-39-38-54(2,3)57(28-29-66-32-33-67-31-30-65-6)47-37-49-44(36-43(39)47)41(34-48(68-49)40-18-13-10-14-19-40)20-12-8-7-9-15-21-50-55(4,5)45-35-42(70(62,63)64)23-24-46(45)56(50)27-17-11-16-22-53(61)69-58-51(59)25-26-52(58)60/h7-10,12-15,18-21,23-24,34-38H,11,16-17,22,25-33H2,1-6H3/p+1. The summed E-state index contributed by atoms with van der Waals surface area (Å²) < 4.78 is 59.7.